The molecule has 0 unspecified atom stereocenters. The predicted molar refractivity (Wildman–Crippen MR) is 82.6 cm³/mol. The van der Waals surface area contributed by atoms with Crippen LogP contribution in [0.3, 0.4) is 0 Å². The Balaban J connectivity index is 1.56. The van der Waals surface area contributed by atoms with Gasteiger partial charge < -0.3 is 10.6 Å². The summed E-state index contributed by atoms with van der Waals surface area (Å²) in [5, 5.41) is 7.13. The van der Waals surface area contributed by atoms with Crippen LogP contribution in [-0.4, -0.2) is 25.2 Å². The molecule has 1 aliphatic carbocycles. The van der Waals surface area contributed by atoms with Crippen LogP contribution in [0.25, 0.3) is 0 Å². The molecule has 0 amide bonds. The van der Waals surface area contributed by atoms with E-state index in [9.17, 15) is 0 Å². The van der Waals surface area contributed by atoms with Crippen LogP contribution >= 0.6 is 0 Å². The number of rotatable bonds is 6. The first-order valence-electron chi connectivity index (χ1n) is 7.57. The molecule has 2 N–H and O–H groups in total. The zero-order valence-corrected chi connectivity index (χ0v) is 12.6. The van der Waals surface area contributed by atoms with E-state index in [0.717, 1.165) is 25.6 Å². The molecule has 0 atom stereocenters. The van der Waals surface area contributed by atoms with Crippen molar-refractivity contribution in [1.29, 1.82) is 0 Å². The molecule has 2 heteroatoms. The van der Waals surface area contributed by atoms with E-state index in [1.165, 1.54) is 19.3 Å². The quantitative estimate of drug-likeness (QED) is 0.769. The molecule has 0 fully saturated rings. The molecule has 0 saturated carbocycles. The topological polar surface area (TPSA) is 24.1 Å². The fraction of sp³-hybridized carbons (Fsp3) is 0.647. The number of fused-ring (bicyclic) bond motifs is 1. The molecular formula is C17H28N2. The number of hydrogen-bond acceptors (Lipinski definition) is 2. The van der Waals surface area contributed by atoms with Crippen molar-refractivity contribution in [1.82, 2.24) is 10.6 Å². The molecule has 0 bridgehead atoms. The summed E-state index contributed by atoms with van der Waals surface area (Å²) in [4.78, 5) is 0. The van der Waals surface area contributed by atoms with Gasteiger partial charge in [-0.25, -0.2) is 0 Å². The fourth-order valence-corrected chi connectivity index (χ4v) is 2.78. The average molecular weight is 260 g/mol. The minimum absolute atomic E-state index is 0.243. The van der Waals surface area contributed by atoms with Crippen LogP contribution < -0.4 is 10.6 Å². The first-order valence-corrected chi connectivity index (χ1v) is 7.57. The molecule has 0 radical (unpaired) electrons. The van der Waals surface area contributed by atoms with Crippen molar-refractivity contribution in [3.05, 3.63) is 35.4 Å². The van der Waals surface area contributed by atoms with Gasteiger partial charge in [-0.05, 0) is 76.7 Å². The van der Waals surface area contributed by atoms with E-state index in [2.05, 4.69) is 55.7 Å². The Hall–Kier alpha value is -0.860. The van der Waals surface area contributed by atoms with Crippen molar-refractivity contribution < 1.29 is 0 Å². The molecule has 1 aromatic rings. The van der Waals surface area contributed by atoms with Gasteiger partial charge in [0.15, 0.2) is 0 Å². The van der Waals surface area contributed by atoms with Gasteiger partial charge in [-0.15, -0.1) is 0 Å². The first kappa shape index (κ1) is 14.5. The van der Waals surface area contributed by atoms with E-state index >= 15 is 0 Å². The van der Waals surface area contributed by atoms with Crippen molar-refractivity contribution in [3.8, 4) is 0 Å². The summed E-state index contributed by atoms with van der Waals surface area (Å²) in [6.07, 6.45) is 3.71. The highest BCUT2D eigenvalue weighted by Gasteiger charge is 2.20. The van der Waals surface area contributed by atoms with Gasteiger partial charge in [0.2, 0.25) is 0 Å². The van der Waals surface area contributed by atoms with Gasteiger partial charge in [0.1, 0.15) is 0 Å². The third-order valence-corrected chi connectivity index (χ3v) is 3.75. The third-order valence-electron chi connectivity index (χ3n) is 3.75. The Morgan fingerprint density at radius 2 is 1.68 bits per heavy atom. The summed E-state index contributed by atoms with van der Waals surface area (Å²) in [7, 11) is 0. The zero-order chi connectivity index (χ0) is 13.7. The van der Waals surface area contributed by atoms with Crippen molar-refractivity contribution >= 4 is 0 Å². The van der Waals surface area contributed by atoms with Gasteiger partial charge in [-0.2, -0.15) is 0 Å². The second-order valence-electron chi connectivity index (χ2n) is 6.78. The zero-order valence-electron chi connectivity index (χ0n) is 12.6. The highest BCUT2D eigenvalue weighted by molar-refractivity contribution is 5.32. The third kappa shape index (κ3) is 4.96. The lowest BCUT2D eigenvalue weighted by atomic mass is 10.1. The van der Waals surface area contributed by atoms with Gasteiger partial charge in [-0.1, -0.05) is 24.3 Å². The van der Waals surface area contributed by atoms with Crippen LogP contribution in [0.4, 0.5) is 0 Å². The lowest BCUT2D eigenvalue weighted by molar-refractivity contribution is 0.413. The SMILES string of the molecule is CC(C)(C)NCCCNCC1Cc2ccccc2C1. The van der Waals surface area contributed by atoms with Gasteiger partial charge in [-0.3, -0.25) is 0 Å². The van der Waals surface area contributed by atoms with Crippen LogP contribution in [0.1, 0.15) is 38.3 Å². The summed E-state index contributed by atoms with van der Waals surface area (Å²) >= 11 is 0. The Kier molecular flexibility index (Phi) is 5.00. The normalized spacial score (nSPS) is 15.7. The summed E-state index contributed by atoms with van der Waals surface area (Å²) in [6.45, 7) is 10.0. The average Bonchev–Trinajstić information content (AvgIpc) is 2.74. The Bertz CT molecular complexity index is 367. The molecule has 1 aromatic carbocycles. The highest BCUT2D eigenvalue weighted by atomic mass is 14.9. The van der Waals surface area contributed by atoms with E-state index in [0.29, 0.717) is 0 Å². The minimum atomic E-state index is 0.243. The molecule has 0 aliphatic heterocycles. The number of nitrogens with one attached hydrogen (secondary N) is 2. The second-order valence-corrected chi connectivity index (χ2v) is 6.78. The minimum Gasteiger partial charge on any atom is -0.316 e. The van der Waals surface area contributed by atoms with Gasteiger partial charge in [0, 0.05) is 5.54 Å². The molecule has 0 aromatic heterocycles. The van der Waals surface area contributed by atoms with Crippen LogP contribution in [0.5, 0.6) is 0 Å². The lowest BCUT2D eigenvalue weighted by Gasteiger charge is -2.20. The van der Waals surface area contributed by atoms with E-state index in [1.807, 2.05) is 0 Å². The summed E-state index contributed by atoms with van der Waals surface area (Å²) in [5.41, 5.74) is 3.36. The van der Waals surface area contributed by atoms with Crippen molar-refractivity contribution in [2.45, 2.75) is 45.6 Å². The van der Waals surface area contributed by atoms with Crippen LogP contribution in [0.15, 0.2) is 24.3 Å². The van der Waals surface area contributed by atoms with Crippen molar-refractivity contribution in [2.24, 2.45) is 5.92 Å². The maximum Gasteiger partial charge on any atom is 0.00965 e. The van der Waals surface area contributed by atoms with E-state index in [-0.39, 0.29) is 5.54 Å². The van der Waals surface area contributed by atoms with Crippen molar-refractivity contribution in [3.63, 3.8) is 0 Å². The molecular weight excluding hydrogens is 232 g/mol. The standard InChI is InChI=1S/C17H28N2/c1-17(2,3)19-10-6-9-18-13-14-11-15-7-4-5-8-16(15)12-14/h4-5,7-8,14,18-19H,6,9-13H2,1-3H3. The van der Waals surface area contributed by atoms with E-state index in [1.54, 1.807) is 11.1 Å². The van der Waals surface area contributed by atoms with Gasteiger partial charge in [0.05, 0.1) is 0 Å². The smallest absolute Gasteiger partial charge is 0.00965 e. The van der Waals surface area contributed by atoms with Crippen molar-refractivity contribution in [2.75, 3.05) is 19.6 Å². The van der Waals surface area contributed by atoms with Gasteiger partial charge >= 0.3 is 0 Å². The fourth-order valence-electron chi connectivity index (χ4n) is 2.78. The van der Waals surface area contributed by atoms with E-state index < -0.39 is 0 Å². The monoisotopic (exact) mass is 260 g/mol. The van der Waals surface area contributed by atoms with Crippen LogP contribution in [0.2, 0.25) is 0 Å². The summed E-state index contributed by atoms with van der Waals surface area (Å²) in [6, 6.07) is 8.88. The van der Waals surface area contributed by atoms with Crippen LogP contribution in [0, 0.1) is 5.92 Å². The molecule has 106 valence electrons. The molecule has 1 aliphatic rings. The summed E-state index contributed by atoms with van der Waals surface area (Å²) in [5.74, 6) is 0.799. The number of benzene rings is 1. The molecule has 0 heterocycles. The first-order chi connectivity index (χ1) is 9.04. The Morgan fingerprint density at radius 3 is 2.26 bits per heavy atom. The Labute approximate surface area is 118 Å². The molecule has 0 saturated heterocycles. The molecule has 0 spiro atoms. The summed E-state index contributed by atoms with van der Waals surface area (Å²) < 4.78 is 0. The second kappa shape index (κ2) is 6.53. The van der Waals surface area contributed by atoms with E-state index in [4.69, 9.17) is 0 Å². The maximum atomic E-state index is 3.61. The predicted octanol–water partition coefficient (Wildman–Crippen LogP) is 2.77. The molecule has 2 rings (SSSR count). The molecule has 19 heavy (non-hydrogen) atoms. The Morgan fingerprint density at radius 1 is 1.05 bits per heavy atom. The largest absolute Gasteiger partial charge is 0.316 e. The van der Waals surface area contributed by atoms with Crippen LogP contribution in [-0.2, 0) is 12.8 Å². The lowest BCUT2D eigenvalue weighted by Crippen LogP contribution is -2.37. The van der Waals surface area contributed by atoms with Gasteiger partial charge in [0.25, 0.3) is 0 Å². The molecule has 2 nitrogen and oxygen atoms in total. The highest BCUT2D eigenvalue weighted by Crippen LogP contribution is 2.25. The maximum absolute atomic E-state index is 3.61. The number of hydrogen-bond donors (Lipinski definition) is 2.